The summed E-state index contributed by atoms with van der Waals surface area (Å²) in [5.74, 6) is 0. The second-order valence-corrected chi connectivity index (χ2v) is 5.94. The Morgan fingerprint density at radius 2 is 2.06 bits per heavy atom. The van der Waals surface area contributed by atoms with Crippen LogP contribution in [0.4, 0.5) is 4.79 Å². The molecule has 0 aliphatic carbocycles. The van der Waals surface area contributed by atoms with Gasteiger partial charge in [0.05, 0.1) is 18.7 Å². The van der Waals surface area contributed by atoms with E-state index in [-0.39, 0.29) is 12.1 Å². The minimum absolute atomic E-state index is 0.0369. The van der Waals surface area contributed by atoms with Gasteiger partial charge in [-0.25, -0.2) is 4.79 Å². The molecule has 0 bridgehead atoms. The fourth-order valence-electron chi connectivity index (χ4n) is 2.03. The number of nitrogens with zero attached hydrogens (tertiary/aromatic N) is 2. The van der Waals surface area contributed by atoms with Gasteiger partial charge < -0.3 is 19.6 Å². The number of aliphatic hydroxyl groups excluding tert-OH is 1. The van der Waals surface area contributed by atoms with E-state index in [1.165, 1.54) is 0 Å². The average molecular weight is 244 g/mol. The summed E-state index contributed by atoms with van der Waals surface area (Å²) in [6.07, 6.45) is -0.148. The van der Waals surface area contributed by atoms with Crippen LogP contribution in [0.2, 0.25) is 0 Å². The number of likely N-dealkylation sites (tertiary alicyclic amines) is 1. The van der Waals surface area contributed by atoms with E-state index in [1.54, 1.807) is 4.90 Å². The molecule has 0 aromatic carbocycles. The Bertz CT molecular complexity index is 273. The van der Waals surface area contributed by atoms with Crippen LogP contribution in [-0.4, -0.2) is 65.9 Å². The van der Waals surface area contributed by atoms with Crippen LogP contribution in [0.15, 0.2) is 0 Å². The van der Waals surface area contributed by atoms with E-state index < -0.39 is 11.7 Å². The molecular weight excluding hydrogens is 220 g/mol. The van der Waals surface area contributed by atoms with Crippen molar-refractivity contribution in [2.45, 2.75) is 44.9 Å². The molecule has 0 saturated carbocycles. The Labute approximate surface area is 103 Å². The molecule has 100 valence electrons. The normalized spacial score (nSPS) is 25.5. The average Bonchev–Trinajstić information content (AvgIpc) is 2.42. The van der Waals surface area contributed by atoms with Gasteiger partial charge in [0.15, 0.2) is 0 Å². The number of carbonyl (C=O) groups excluding carboxylic acids is 1. The Balaban J connectivity index is 2.63. The van der Waals surface area contributed by atoms with Crippen LogP contribution in [0.25, 0.3) is 0 Å². The molecule has 1 aliphatic rings. The van der Waals surface area contributed by atoms with Gasteiger partial charge in [-0.2, -0.15) is 0 Å². The van der Waals surface area contributed by atoms with E-state index in [0.717, 1.165) is 6.54 Å². The lowest BCUT2D eigenvalue weighted by molar-refractivity contribution is 0.0192. The number of hydrogen-bond donors (Lipinski definition) is 1. The first-order valence-corrected chi connectivity index (χ1v) is 6.01. The third-order valence-corrected chi connectivity index (χ3v) is 2.60. The van der Waals surface area contributed by atoms with Crippen molar-refractivity contribution in [2.24, 2.45) is 0 Å². The van der Waals surface area contributed by atoms with Crippen molar-refractivity contribution in [3.8, 4) is 0 Å². The van der Waals surface area contributed by atoms with Crippen LogP contribution in [0.3, 0.4) is 0 Å². The minimum Gasteiger partial charge on any atom is -0.444 e. The molecule has 1 heterocycles. The molecule has 0 spiro atoms. The third kappa shape index (κ3) is 4.52. The van der Waals surface area contributed by atoms with Gasteiger partial charge in [0.1, 0.15) is 5.60 Å². The molecule has 1 amide bonds. The summed E-state index contributed by atoms with van der Waals surface area (Å²) in [6, 6.07) is 0.0369. The second kappa shape index (κ2) is 5.23. The zero-order valence-electron chi connectivity index (χ0n) is 11.4. The molecule has 1 aliphatic heterocycles. The van der Waals surface area contributed by atoms with Crippen molar-refractivity contribution in [1.82, 2.24) is 9.80 Å². The van der Waals surface area contributed by atoms with Crippen LogP contribution in [-0.2, 0) is 4.74 Å². The highest BCUT2D eigenvalue weighted by Crippen LogP contribution is 2.21. The highest BCUT2D eigenvalue weighted by atomic mass is 16.6. The van der Waals surface area contributed by atoms with Crippen molar-refractivity contribution >= 4 is 6.09 Å². The van der Waals surface area contributed by atoms with Gasteiger partial charge >= 0.3 is 6.09 Å². The number of carbonyl (C=O) groups is 1. The lowest BCUT2D eigenvalue weighted by Crippen LogP contribution is -2.44. The predicted octanol–water partition coefficient (Wildman–Crippen LogP) is 0.918. The zero-order chi connectivity index (χ0) is 13.2. The summed E-state index contributed by atoms with van der Waals surface area (Å²) in [5.41, 5.74) is -0.493. The van der Waals surface area contributed by atoms with Crippen molar-refractivity contribution in [3.05, 3.63) is 0 Å². The Morgan fingerprint density at radius 3 is 2.53 bits per heavy atom. The largest absolute Gasteiger partial charge is 0.444 e. The van der Waals surface area contributed by atoms with Gasteiger partial charge in [-0.1, -0.05) is 0 Å². The van der Waals surface area contributed by atoms with Gasteiger partial charge in [-0.3, -0.25) is 0 Å². The van der Waals surface area contributed by atoms with Crippen LogP contribution < -0.4 is 0 Å². The van der Waals surface area contributed by atoms with Gasteiger partial charge in [0.25, 0.3) is 0 Å². The SMILES string of the molecule is CN(C)CC1CC(O)CN1C(=O)OC(C)(C)C. The fourth-order valence-corrected chi connectivity index (χ4v) is 2.03. The molecule has 5 nitrogen and oxygen atoms in total. The zero-order valence-corrected chi connectivity index (χ0v) is 11.4. The summed E-state index contributed by atoms with van der Waals surface area (Å²) >= 11 is 0. The molecular formula is C12H24N2O3. The molecule has 2 atom stereocenters. The maximum absolute atomic E-state index is 12.0. The van der Waals surface area contributed by atoms with Crippen molar-refractivity contribution in [2.75, 3.05) is 27.2 Å². The summed E-state index contributed by atoms with van der Waals surface area (Å²) in [5, 5.41) is 9.66. The standard InChI is InChI=1S/C12H24N2O3/c1-12(2,3)17-11(16)14-8-10(15)6-9(14)7-13(4)5/h9-10,15H,6-8H2,1-5H3. The van der Waals surface area contributed by atoms with Crippen molar-refractivity contribution in [1.29, 1.82) is 0 Å². The first-order valence-electron chi connectivity index (χ1n) is 6.01. The number of aliphatic hydroxyl groups is 1. The smallest absolute Gasteiger partial charge is 0.410 e. The van der Waals surface area contributed by atoms with Crippen LogP contribution in [0, 0.1) is 0 Å². The van der Waals surface area contributed by atoms with Gasteiger partial charge in [0.2, 0.25) is 0 Å². The van der Waals surface area contributed by atoms with Crippen LogP contribution in [0.1, 0.15) is 27.2 Å². The number of β-amino-alcohol motifs (C(OH)–C–C–N with tert-alkyl or cyclic N) is 1. The third-order valence-electron chi connectivity index (χ3n) is 2.60. The van der Waals surface area contributed by atoms with Gasteiger partial charge in [0, 0.05) is 6.54 Å². The number of ether oxygens (including phenoxy) is 1. The molecule has 2 unspecified atom stereocenters. The summed E-state index contributed by atoms with van der Waals surface area (Å²) in [7, 11) is 3.91. The molecule has 1 fully saturated rings. The summed E-state index contributed by atoms with van der Waals surface area (Å²) in [6.45, 7) is 6.65. The molecule has 0 radical (unpaired) electrons. The maximum Gasteiger partial charge on any atom is 0.410 e. The van der Waals surface area contributed by atoms with E-state index in [4.69, 9.17) is 4.74 Å². The lowest BCUT2D eigenvalue weighted by Gasteiger charge is -2.29. The first kappa shape index (κ1) is 14.3. The molecule has 1 rings (SSSR count). The fraction of sp³-hybridized carbons (Fsp3) is 0.917. The van der Waals surface area contributed by atoms with E-state index in [0.29, 0.717) is 13.0 Å². The Morgan fingerprint density at radius 1 is 1.47 bits per heavy atom. The highest BCUT2D eigenvalue weighted by molar-refractivity contribution is 5.69. The van der Waals surface area contributed by atoms with E-state index in [2.05, 4.69) is 0 Å². The molecule has 1 N–H and O–H groups in total. The monoisotopic (exact) mass is 244 g/mol. The predicted molar refractivity (Wildman–Crippen MR) is 65.9 cm³/mol. The van der Waals surface area contributed by atoms with Crippen molar-refractivity contribution < 1.29 is 14.6 Å². The second-order valence-electron chi connectivity index (χ2n) is 5.94. The Hall–Kier alpha value is -0.810. The molecule has 0 aromatic rings. The number of hydrogen-bond acceptors (Lipinski definition) is 4. The molecule has 1 saturated heterocycles. The quantitative estimate of drug-likeness (QED) is 0.785. The van der Waals surface area contributed by atoms with Gasteiger partial charge in [-0.05, 0) is 41.3 Å². The summed E-state index contributed by atoms with van der Waals surface area (Å²) < 4.78 is 5.34. The first-order chi connectivity index (χ1) is 7.69. The molecule has 0 aromatic heterocycles. The highest BCUT2D eigenvalue weighted by Gasteiger charge is 2.36. The van der Waals surface area contributed by atoms with E-state index in [1.807, 2.05) is 39.8 Å². The number of likely N-dealkylation sites (N-methyl/N-ethyl adjacent to an activating group) is 1. The molecule has 5 heteroatoms. The number of amides is 1. The van der Waals surface area contributed by atoms with Crippen LogP contribution in [0.5, 0.6) is 0 Å². The summed E-state index contributed by atoms with van der Waals surface area (Å²) in [4.78, 5) is 15.6. The molecule has 17 heavy (non-hydrogen) atoms. The maximum atomic E-state index is 12.0. The van der Waals surface area contributed by atoms with E-state index >= 15 is 0 Å². The van der Waals surface area contributed by atoms with Gasteiger partial charge in [-0.15, -0.1) is 0 Å². The number of rotatable bonds is 2. The lowest BCUT2D eigenvalue weighted by atomic mass is 10.2. The Kier molecular flexibility index (Phi) is 4.38. The minimum atomic E-state index is -0.493. The topological polar surface area (TPSA) is 53.0 Å². The van der Waals surface area contributed by atoms with Crippen LogP contribution >= 0.6 is 0 Å². The van der Waals surface area contributed by atoms with E-state index in [9.17, 15) is 9.90 Å². The van der Waals surface area contributed by atoms with Crippen molar-refractivity contribution in [3.63, 3.8) is 0 Å².